The molecule has 3 aliphatic heterocycles. The van der Waals surface area contributed by atoms with Crippen LogP contribution in [0.3, 0.4) is 0 Å². The van der Waals surface area contributed by atoms with E-state index in [0.29, 0.717) is 22.8 Å². The van der Waals surface area contributed by atoms with Crippen LogP contribution in [0.1, 0.15) is 59.7 Å². The van der Waals surface area contributed by atoms with Gasteiger partial charge in [0.1, 0.15) is 35.3 Å². The lowest BCUT2D eigenvalue weighted by Crippen LogP contribution is -2.54. The molecule has 1 unspecified atom stereocenters. The van der Waals surface area contributed by atoms with Crippen LogP contribution in [-0.2, 0) is 14.4 Å². The quantitative estimate of drug-likeness (QED) is 0.262. The molecule has 2 N–H and O–H groups in total. The number of fused-ring (bicyclic) bond motifs is 6. The lowest BCUT2D eigenvalue weighted by Gasteiger charge is -2.45. The maximum absolute atomic E-state index is 16.0. The molecular formula is C38H34F6N4O5. The maximum Gasteiger partial charge on any atom is 0.413 e. The van der Waals surface area contributed by atoms with E-state index in [1.165, 1.54) is 38.1 Å². The Hall–Kier alpha value is -5.36. The van der Waals surface area contributed by atoms with Gasteiger partial charge in [-0.2, -0.15) is 18.4 Å². The number of aliphatic carboxylic acids is 1. The van der Waals surface area contributed by atoms with Crippen molar-refractivity contribution in [3.8, 4) is 28.7 Å². The molecule has 4 bridgehead atoms. The number of benzene rings is 3. The van der Waals surface area contributed by atoms with Crippen LogP contribution < -0.4 is 10.1 Å². The van der Waals surface area contributed by atoms with Crippen LogP contribution in [0.4, 0.5) is 26.3 Å². The third-order valence-electron chi connectivity index (χ3n) is 10.0. The van der Waals surface area contributed by atoms with Gasteiger partial charge in [0.2, 0.25) is 11.8 Å². The lowest BCUT2D eigenvalue weighted by atomic mass is 9.74. The van der Waals surface area contributed by atoms with Gasteiger partial charge in [-0.1, -0.05) is 6.92 Å². The van der Waals surface area contributed by atoms with E-state index in [0.717, 1.165) is 17.0 Å². The molecule has 15 heteroatoms. The number of likely N-dealkylation sites (tertiary alicyclic amines) is 1. The van der Waals surface area contributed by atoms with E-state index in [-0.39, 0.29) is 54.2 Å². The highest BCUT2D eigenvalue weighted by Crippen LogP contribution is 2.48. The summed E-state index contributed by atoms with van der Waals surface area (Å²) in [6, 6.07) is 7.40. The predicted octanol–water partition coefficient (Wildman–Crippen LogP) is 6.98. The number of nitrogens with zero attached hydrogens (tertiary/aromatic N) is 3. The van der Waals surface area contributed by atoms with Crippen LogP contribution in [0.2, 0.25) is 0 Å². The highest BCUT2D eigenvalue weighted by Gasteiger charge is 2.52. The smallest absolute Gasteiger partial charge is 0.413 e. The first kappa shape index (κ1) is 37.4. The minimum atomic E-state index is -4.97. The van der Waals surface area contributed by atoms with E-state index in [9.17, 15) is 42.3 Å². The van der Waals surface area contributed by atoms with Crippen molar-refractivity contribution in [1.82, 2.24) is 15.1 Å². The van der Waals surface area contributed by atoms with E-state index in [4.69, 9.17) is 4.74 Å². The molecule has 3 heterocycles. The van der Waals surface area contributed by atoms with Crippen molar-refractivity contribution >= 4 is 17.8 Å². The van der Waals surface area contributed by atoms with Crippen molar-refractivity contribution < 1.29 is 50.6 Å². The van der Waals surface area contributed by atoms with E-state index in [1.807, 2.05) is 6.07 Å². The zero-order chi connectivity index (χ0) is 38.6. The minimum absolute atomic E-state index is 0.0214. The number of rotatable bonds is 6. The van der Waals surface area contributed by atoms with Gasteiger partial charge in [-0.25, -0.2) is 13.2 Å². The molecule has 6 rings (SSSR count). The molecule has 3 aliphatic rings. The number of aryl methyl sites for hydroxylation is 2. The lowest BCUT2D eigenvalue weighted by molar-refractivity contribution is -0.146. The van der Waals surface area contributed by atoms with Crippen molar-refractivity contribution in [2.24, 2.45) is 5.41 Å². The maximum atomic E-state index is 16.0. The number of hydrogen-bond donors (Lipinski definition) is 2. The molecule has 1 saturated heterocycles. The van der Waals surface area contributed by atoms with Crippen molar-refractivity contribution in [2.45, 2.75) is 58.0 Å². The fourth-order valence-electron chi connectivity index (χ4n) is 7.37. The highest BCUT2D eigenvalue weighted by molar-refractivity contribution is 5.95. The summed E-state index contributed by atoms with van der Waals surface area (Å²) in [5, 5.41) is 22.1. The van der Waals surface area contributed by atoms with Crippen LogP contribution in [0.25, 0.3) is 11.1 Å². The monoisotopic (exact) mass is 740 g/mol. The molecule has 0 aliphatic carbocycles. The highest BCUT2D eigenvalue weighted by atomic mass is 19.4. The molecule has 0 aromatic heterocycles. The van der Waals surface area contributed by atoms with E-state index in [1.54, 1.807) is 17.9 Å². The van der Waals surface area contributed by atoms with Gasteiger partial charge in [-0.05, 0) is 86.0 Å². The van der Waals surface area contributed by atoms with Crippen molar-refractivity contribution in [1.29, 1.82) is 5.26 Å². The fourth-order valence-corrected chi connectivity index (χ4v) is 7.37. The van der Waals surface area contributed by atoms with Crippen molar-refractivity contribution in [3.05, 3.63) is 93.6 Å². The summed E-state index contributed by atoms with van der Waals surface area (Å²) < 4.78 is 95.2. The molecule has 3 aromatic rings. The fraction of sp³-hybridized carbons (Fsp3) is 0.368. The number of amides is 2. The molecular weight excluding hydrogens is 706 g/mol. The number of hydrogen-bond acceptors (Lipinski definition) is 6. The summed E-state index contributed by atoms with van der Waals surface area (Å²) in [7, 11) is 0. The second-order valence-corrected chi connectivity index (χ2v) is 14.0. The first-order valence-corrected chi connectivity index (χ1v) is 16.7. The van der Waals surface area contributed by atoms with Crippen LogP contribution >= 0.6 is 0 Å². The minimum Gasteiger partial charge on any atom is -0.481 e. The number of alkyl halides is 4. The standard InChI is InChI=1S/C38H34F6N4O5/c1-19-8-21(15-45)10-29-33(19)22-9-20(2)34(41)26(11-22)28(13-32(50)51)46-36(52)35(25-12-24(53-29)4-5-27(25)40)48-18-37(3,6-7-47-16-23(39)17-47)30(14-31(48)49)38(42,43)44/h4-5,8-12,14,23,28,35H,6-7,13,16-18H2,1-3H3,(H,46,52)(H,50,51)/t28-,35-,37?/m0/s1. The zero-order valence-electron chi connectivity index (χ0n) is 28.8. The van der Waals surface area contributed by atoms with Crippen molar-refractivity contribution in [2.75, 3.05) is 26.2 Å². The van der Waals surface area contributed by atoms with Crippen LogP contribution in [-0.4, -0.2) is 71.2 Å². The molecule has 9 nitrogen and oxygen atoms in total. The van der Waals surface area contributed by atoms with Gasteiger partial charge < -0.3 is 20.1 Å². The number of carboxylic acid groups (broad SMARTS) is 1. The summed E-state index contributed by atoms with van der Waals surface area (Å²) >= 11 is 0. The van der Waals surface area contributed by atoms with Gasteiger partial charge in [-0.15, -0.1) is 0 Å². The first-order chi connectivity index (χ1) is 24.9. The SMILES string of the molecule is Cc1cc2cc(c1F)[C@H](CC(=O)O)NC(=O)[C@@H](N1CC(C)(CCN3CC(F)C3)C(C(F)(F)F)=CC1=O)c1cc(ccc1F)Oc1cc(C#N)cc(C)c1-2. The van der Waals surface area contributed by atoms with Gasteiger partial charge >= 0.3 is 12.1 Å². The molecule has 2 amide bonds. The molecule has 1 fully saturated rings. The van der Waals surface area contributed by atoms with Gasteiger partial charge in [0, 0.05) is 53.4 Å². The summed E-state index contributed by atoms with van der Waals surface area (Å²) in [5.74, 6) is -5.86. The Labute approximate surface area is 300 Å². The topological polar surface area (TPSA) is 123 Å². The van der Waals surface area contributed by atoms with Gasteiger partial charge in [0.15, 0.2) is 0 Å². The Kier molecular flexibility index (Phi) is 9.80. The van der Waals surface area contributed by atoms with E-state index >= 15 is 8.78 Å². The summed E-state index contributed by atoms with van der Waals surface area (Å²) in [6.07, 6.45) is -6.83. The number of carbonyl (C=O) groups is 3. The van der Waals surface area contributed by atoms with Crippen LogP contribution in [0.15, 0.2) is 54.1 Å². The van der Waals surface area contributed by atoms with E-state index in [2.05, 4.69) is 5.32 Å². The van der Waals surface area contributed by atoms with Crippen LogP contribution in [0, 0.1) is 42.2 Å². The van der Waals surface area contributed by atoms with Gasteiger partial charge in [0.05, 0.1) is 24.1 Å². The average Bonchev–Trinajstić information content (AvgIpc) is 3.05. The van der Waals surface area contributed by atoms with Crippen molar-refractivity contribution in [3.63, 3.8) is 0 Å². The zero-order valence-corrected chi connectivity index (χ0v) is 28.8. The Morgan fingerprint density at radius 1 is 1.08 bits per heavy atom. The molecule has 3 atom stereocenters. The number of ether oxygens (including phenoxy) is 1. The second kappa shape index (κ2) is 13.9. The van der Waals surface area contributed by atoms with Gasteiger partial charge in [-0.3, -0.25) is 19.3 Å². The summed E-state index contributed by atoms with van der Waals surface area (Å²) in [5.41, 5.74) is -2.35. The number of carboxylic acids is 1. The molecule has 278 valence electrons. The third-order valence-corrected chi connectivity index (χ3v) is 10.0. The number of nitriles is 1. The third kappa shape index (κ3) is 7.33. The average molecular weight is 741 g/mol. The predicted molar refractivity (Wildman–Crippen MR) is 178 cm³/mol. The number of halogens is 6. The summed E-state index contributed by atoms with van der Waals surface area (Å²) in [6.45, 7) is 3.66. The molecule has 3 aromatic carbocycles. The Bertz CT molecular complexity index is 2090. The normalized spacial score (nSPS) is 22.2. The van der Waals surface area contributed by atoms with Gasteiger partial charge in [0.25, 0.3) is 0 Å². The molecule has 0 saturated carbocycles. The molecule has 53 heavy (non-hydrogen) atoms. The van der Waals surface area contributed by atoms with Crippen LogP contribution in [0.5, 0.6) is 11.5 Å². The number of carbonyl (C=O) groups excluding carboxylic acids is 2. The Morgan fingerprint density at radius 2 is 1.79 bits per heavy atom. The molecule has 0 spiro atoms. The summed E-state index contributed by atoms with van der Waals surface area (Å²) in [4.78, 5) is 42.7. The second-order valence-electron chi connectivity index (χ2n) is 14.0. The Morgan fingerprint density at radius 3 is 2.43 bits per heavy atom. The number of nitrogens with one attached hydrogen (secondary N) is 1. The molecule has 0 radical (unpaired) electrons. The van der Waals surface area contributed by atoms with E-state index < -0.39 is 83.4 Å². The Balaban J connectivity index is 1.55. The largest absolute Gasteiger partial charge is 0.481 e. The first-order valence-electron chi connectivity index (χ1n) is 16.7.